The summed E-state index contributed by atoms with van der Waals surface area (Å²) >= 11 is 0. The van der Waals surface area contributed by atoms with Crippen LogP contribution in [0, 0.1) is 0 Å². The van der Waals surface area contributed by atoms with Crippen molar-refractivity contribution in [1.82, 2.24) is 9.88 Å². The number of hydrogen-bond donors (Lipinski definition) is 2. The second-order valence-electron chi connectivity index (χ2n) is 5.77. The van der Waals surface area contributed by atoms with E-state index < -0.39 is 11.9 Å². The first-order chi connectivity index (χ1) is 12.0. The highest BCUT2D eigenvalue weighted by atomic mass is 16.4. The summed E-state index contributed by atoms with van der Waals surface area (Å²) in [5.41, 5.74) is 1.11. The number of hydrogen-bond acceptors (Lipinski definition) is 4. The van der Waals surface area contributed by atoms with E-state index in [2.05, 4.69) is 10.3 Å². The lowest BCUT2D eigenvalue weighted by molar-refractivity contribution is 0.0695. The van der Waals surface area contributed by atoms with Gasteiger partial charge in [0, 0.05) is 30.5 Å². The fourth-order valence-corrected chi connectivity index (χ4v) is 2.68. The standard InChI is InChI=1S/C18H17N3O4/c22-16(15-7-6-13(11-19-15)18(24)25)20-14-5-3-4-12(10-14)17(23)21-8-1-2-9-21/h3-7,10-11H,1-2,8-9H2,(H,20,22)(H,24,25). The van der Waals surface area contributed by atoms with Gasteiger partial charge in [0.15, 0.2) is 0 Å². The molecule has 128 valence electrons. The summed E-state index contributed by atoms with van der Waals surface area (Å²) < 4.78 is 0. The molecule has 3 rings (SSSR count). The average molecular weight is 339 g/mol. The molecule has 0 unspecified atom stereocenters. The van der Waals surface area contributed by atoms with E-state index in [-0.39, 0.29) is 17.2 Å². The first kappa shape index (κ1) is 16.6. The molecular weight excluding hydrogens is 322 g/mol. The molecule has 1 fully saturated rings. The van der Waals surface area contributed by atoms with E-state index in [1.807, 2.05) is 0 Å². The molecule has 1 saturated heterocycles. The van der Waals surface area contributed by atoms with Gasteiger partial charge in [-0.1, -0.05) is 6.07 Å². The summed E-state index contributed by atoms with van der Waals surface area (Å²) in [6, 6.07) is 9.40. The third-order valence-corrected chi connectivity index (χ3v) is 4.00. The summed E-state index contributed by atoms with van der Waals surface area (Å²) in [5, 5.41) is 11.5. The van der Waals surface area contributed by atoms with Crippen LogP contribution in [-0.2, 0) is 0 Å². The van der Waals surface area contributed by atoms with Gasteiger partial charge in [-0.2, -0.15) is 0 Å². The molecule has 2 amide bonds. The van der Waals surface area contributed by atoms with Crippen LogP contribution in [0.2, 0.25) is 0 Å². The number of rotatable bonds is 4. The van der Waals surface area contributed by atoms with E-state index in [0.29, 0.717) is 11.3 Å². The zero-order valence-electron chi connectivity index (χ0n) is 13.4. The topological polar surface area (TPSA) is 99.6 Å². The molecule has 7 heteroatoms. The quantitative estimate of drug-likeness (QED) is 0.890. The van der Waals surface area contributed by atoms with Crippen LogP contribution in [0.5, 0.6) is 0 Å². The monoisotopic (exact) mass is 339 g/mol. The molecule has 7 nitrogen and oxygen atoms in total. The maximum Gasteiger partial charge on any atom is 0.337 e. The Balaban J connectivity index is 1.71. The van der Waals surface area contributed by atoms with E-state index in [1.54, 1.807) is 29.2 Å². The Morgan fingerprint density at radius 3 is 2.44 bits per heavy atom. The molecule has 1 aliphatic heterocycles. The number of benzene rings is 1. The minimum Gasteiger partial charge on any atom is -0.478 e. The zero-order chi connectivity index (χ0) is 17.8. The molecule has 25 heavy (non-hydrogen) atoms. The predicted molar refractivity (Wildman–Crippen MR) is 90.7 cm³/mol. The van der Waals surface area contributed by atoms with Crippen molar-refractivity contribution in [2.75, 3.05) is 18.4 Å². The number of carboxylic acid groups (broad SMARTS) is 1. The Morgan fingerprint density at radius 2 is 1.80 bits per heavy atom. The lowest BCUT2D eigenvalue weighted by Crippen LogP contribution is -2.27. The highest BCUT2D eigenvalue weighted by molar-refractivity contribution is 6.04. The summed E-state index contributed by atoms with van der Waals surface area (Å²) in [6.45, 7) is 1.52. The maximum atomic E-state index is 12.4. The van der Waals surface area contributed by atoms with Crippen LogP contribution >= 0.6 is 0 Å². The number of carboxylic acids is 1. The number of nitrogens with one attached hydrogen (secondary N) is 1. The van der Waals surface area contributed by atoms with Crippen molar-refractivity contribution in [3.8, 4) is 0 Å². The van der Waals surface area contributed by atoms with Gasteiger partial charge >= 0.3 is 5.97 Å². The molecule has 0 atom stereocenters. The van der Waals surface area contributed by atoms with E-state index in [9.17, 15) is 14.4 Å². The van der Waals surface area contributed by atoms with Gasteiger partial charge in [0.2, 0.25) is 0 Å². The van der Waals surface area contributed by atoms with Crippen molar-refractivity contribution >= 4 is 23.5 Å². The summed E-state index contributed by atoms with van der Waals surface area (Å²) in [7, 11) is 0. The van der Waals surface area contributed by atoms with E-state index in [4.69, 9.17) is 5.11 Å². The number of aromatic nitrogens is 1. The molecule has 1 aromatic carbocycles. The molecule has 2 heterocycles. The van der Waals surface area contributed by atoms with Gasteiger partial charge in [-0.05, 0) is 43.2 Å². The second-order valence-corrected chi connectivity index (χ2v) is 5.77. The molecule has 2 N–H and O–H groups in total. The minimum atomic E-state index is -1.10. The van der Waals surface area contributed by atoms with Crippen LogP contribution < -0.4 is 5.32 Å². The minimum absolute atomic E-state index is 0.00903. The molecule has 1 aromatic heterocycles. The Bertz CT molecular complexity index is 811. The molecule has 0 radical (unpaired) electrons. The van der Waals surface area contributed by atoms with Gasteiger partial charge in [-0.15, -0.1) is 0 Å². The van der Waals surface area contributed by atoms with Crippen molar-refractivity contribution < 1.29 is 19.5 Å². The van der Waals surface area contributed by atoms with Crippen LogP contribution in [0.3, 0.4) is 0 Å². The molecule has 0 bridgehead atoms. The highest BCUT2D eigenvalue weighted by Gasteiger charge is 2.19. The number of aromatic carboxylic acids is 1. The smallest absolute Gasteiger partial charge is 0.337 e. The predicted octanol–water partition coefficient (Wildman–Crippen LogP) is 2.27. The number of carbonyl (C=O) groups excluding carboxylic acids is 2. The third-order valence-electron chi connectivity index (χ3n) is 4.00. The molecular formula is C18H17N3O4. The van der Waals surface area contributed by atoms with Crippen LogP contribution in [-0.4, -0.2) is 45.9 Å². The van der Waals surface area contributed by atoms with Crippen LogP contribution in [0.4, 0.5) is 5.69 Å². The number of likely N-dealkylation sites (tertiary alicyclic amines) is 1. The third kappa shape index (κ3) is 3.82. The number of anilines is 1. The molecule has 2 aromatic rings. The van der Waals surface area contributed by atoms with Crippen LogP contribution in [0.15, 0.2) is 42.6 Å². The van der Waals surface area contributed by atoms with Gasteiger partial charge < -0.3 is 15.3 Å². The number of nitrogens with zero attached hydrogens (tertiary/aromatic N) is 2. The van der Waals surface area contributed by atoms with E-state index in [1.165, 1.54) is 12.1 Å². The first-order valence-corrected chi connectivity index (χ1v) is 7.94. The molecule has 0 saturated carbocycles. The molecule has 0 spiro atoms. The number of carbonyl (C=O) groups is 3. The van der Waals surface area contributed by atoms with Crippen LogP contribution in [0.1, 0.15) is 44.0 Å². The Kier molecular flexibility index (Phi) is 4.74. The SMILES string of the molecule is O=C(O)c1ccc(C(=O)Nc2cccc(C(=O)N3CCCC3)c2)nc1. The fraction of sp³-hybridized carbons (Fsp3) is 0.222. The Morgan fingerprint density at radius 1 is 1.04 bits per heavy atom. The number of amides is 2. The van der Waals surface area contributed by atoms with E-state index >= 15 is 0 Å². The summed E-state index contributed by atoms with van der Waals surface area (Å²) in [6.07, 6.45) is 3.16. The van der Waals surface area contributed by atoms with Crippen molar-refractivity contribution in [2.45, 2.75) is 12.8 Å². The number of pyridine rings is 1. The molecule has 1 aliphatic rings. The lowest BCUT2D eigenvalue weighted by atomic mass is 10.1. The van der Waals surface area contributed by atoms with Crippen molar-refractivity contribution in [3.63, 3.8) is 0 Å². The van der Waals surface area contributed by atoms with Crippen molar-refractivity contribution in [1.29, 1.82) is 0 Å². The average Bonchev–Trinajstić information content (AvgIpc) is 3.16. The van der Waals surface area contributed by atoms with Gasteiger partial charge in [0.1, 0.15) is 5.69 Å². The van der Waals surface area contributed by atoms with Gasteiger partial charge in [0.25, 0.3) is 11.8 Å². The normalized spacial score (nSPS) is 13.5. The summed E-state index contributed by atoms with van der Waals surface area (Å²) in [4.78, 5) is 41.1. The fourth-order valence-electron chi connectivity index (χ4n) is 2.68. The first-order valence-electron chi connectivity index (χ1n) is 7.94. The Labute approximate surface area is 144 Å². The zero-order valence-corrected chi connectivity index (χ0v) is 13.4. The van der Waals surface area contributed by atoms with Gasteiger partial charge in [-0.3, -0.25) is 14.6 Å². The van der Waals surface area contributed by atoms with Crippen molar-refractivity contribution in [2.24, 2.45) is 0 Å². The van der Waals surface area contributed by atoms with Gasteiger partial charge in [-0.25, -0.2) is 4.79 Å². The van der Waals surface area contributed by atoms with Gasteiger partial charge in [0.05, 0.1) is 5.56 Å². The second kappa shape index (κ2) is 7.12. The molecule has 0 aliphatic carbocycles. The Hall–Kier alpha value is -3.22. The highest BCUT2D eigenvalue weighted by Crippen LogP contribution is 2.17. The maximum absolute atomic E-state index is 12.4. The van der Waals surface area contributed by atoms with Crippen LogP contribution in [0.25, 0.3) is 0 Å². The summed E-state index contributed by atoms with van der Waals surface area (Å²) in [5.74, 6) is -1.62. The van der Waals surface area contributed by atoms with Crippen molar-refractivity contribution in [3.05, 3.63) is 59.4 Å². The van der Waals surface area contributed by atoms with E-state index in [0.717, 1.165) is 32.1 Å². The largest absolute Gasteiger partial charge is 0.478 e. The lowest BCUT2D eigenvalue weighted by Gasteiger charge is -2.15.